The molecule has 0 radical (unpaired) electrons. The molecule has 1 aromatic rings. The Labute approximate surface area is 200 Å². The van der Waals surface area contributed by atoms with Crippen LogP contribution in [0.5, 0.6) is 0 Å². The molecule has 35 heavy (non-hydrogen) atoms. The van der Waals surface area contributed by atoms with Gasteiger partial charge in [0.1, 0.15) is 16.9 Å². The maximum absolute atomic E-state index is 15.4. The van der Waals surface area contributed by atoms with Crippen LogP contribution < -0.4 is 5.43 Å². The summed E-state index contributed by atoms with van der Waals surface area (Å²) in [5.41, 5.74) is -1.13. The number of allylic oxidation sites excluding steroid dienone is 3. The van der Waals surface area contributed by atoms with Crippen LogP contribution in [0.1, 0.15) is 39.2 Å². The van der Waals surface area contributed by atoms with Crippen molar-refractivity contribution in [3.63, 3.8) is 0 Å². The van der Waals surface area contributed by atoms with E-state index in [4.69, 9.17) is 0 Å². The molecule has 1 N–H and O–H groups in total. The van der Waals surface area contributed by atoms with E-state index in [1.54, 1.807) is 6.08 Å². The Morgan fingerprint density at radius 1 is 1.06 bits per heavy atom. The minimum atomic E-state index is -4.64. The van der Waals surface area contributed by atoms with Crippen LogP contribution in [0.3, 0.4) is 0 Å². The van der Waals surface area contributed by atoms with E-state index in [0.717, 1.165) is 31.1 Å². The maximum atomic E-state index is 15.4. The first-order valence-corrected chi connectivity index (χ1v) is 12.9. The number of nitrogens with zero attached hydrogens (tertiary/aromatic N) is 2. The molecular weight excluding hydrogens is 489 g/mol. The lowest BCUT2D eigenvalue weighted by Gasteiger charge is -2.55. The van der Waals surface area contributed by atoms with Gasteiger partial charge in [-0.3, -0.25) is 0 Å². The molecule has 5 nitrogen and oxygen atoms in total. The van der Waals surface area contributed by atoms with Crippen LogP contribution in [0, 0.1) is 17.3 Å². The molecular formula is C24H26F5N3O2S. The van der Waals surface area contributed by atoms with E-state index in [9.17, 15) is 21.6 Å². The third kappa shape index (κ3) is 3.53. The summed E-state index contributed by atoms with van der Waals surface area (Å²) >= 11 is 0. The van der Waals surface area contributed by atoms with Crippen molar-refractivity contribution < 1.29 is 30.5 Å². The summed E-state index contributed by atoms with van der Waals surface area (Å²) in [6.07, 6.45) is 3.36. The van der Waals surface area contributed by atoms with Gasteiger partial charge in [0, 0.05) is 5.54 Å². The van der Waals surface area contributed by atoms with Crippen molar-refractivity contribution in [1.82, 2.24) is 15.6 Å². The summed E-state index contributed by atoms with van der Waals surface area (Å²) in [6.45, 7) is 5.75. The Bertz CT molecular complexity index is 1230. The van der Waals surface area contributed by atoms with Crippen LogP contribution in [0.2, 0.25) is 0 Å². The third-order valence-corrected chi connectivity index (χ3v) is 9.49. The Morgan fingerprint density at radius 2 is 1.69 bits per heavy atom. The van der Waals surface area contributed by atoms with Gasteiger partial charge in [-0.05, 0) is 82.0 Å². The van der Waals surface area contributed by atoms with Crippen molar-refractivity contribution in [1.29, 1.82) is 0 Å². The van der Waals surface area contributed by atoms with Gasteiger partial charge >= 0.3 is 6.18 Å². The molecule has 11 heteroatoms. The second kappa shape index (κ2) is 7.55. The first-order valence-electron chi connectivity index (χ1n) is 11.4. The minimum absolute atomic E-state index is 0.0313. The van der Waals surface area contributed by atoms with E-state index in [-0.39, 0.29) is 16.8 Å². The van der Waals surface area contributed by atoms with Crippen LogP contribution in [0.4, 0.5) is 22.0 Å². The highest BCUT2D eigenvalue weighted by Crippen LogP contribution is 2.63. The van der Waals surface area contributed by atoms with Crippen molar-refractivity contribution in [2.24, 2.45) is 17.3 Å². The van der Waals surface area contributed by atoms with E-state index >= 15 is 8.87 Å². The lowest BCUT2D eigenvalue weighted by molar-refractivity contribution is -0.137. The molecule has 3 unspecified atom stereocenters. The number of nitrogens with one attached hydrogen (secondary N) is 1. The highest BCUT2D eigenvalue weighted by molar-refractivity contribution is 7.92. The number of sulfone groups is 1. The fourth-order valence-electron chi connectivity index (χ4n) is 5.81. The van der Waals surface area contributed by atoms with Gasteiger partial charge in [-0.15, -0.1) is 5.23 Å². The third-order valence-electron chi connectivity index (χ3n) is 7.44. The number of hydrogen-bond acceptors (Lipinski definition) is 5. The fourth-order valence-corrected chi connectivity index (χ4v) is 7.75. The molecule has 2 aliphatic carbocycles. The summed E-state index contributed by atoms with van der Waals surface area (Å²) in [4.78, 5) is 1.50. The Kier molecular flexibility index (Phi) is 5.24. The SMILES string of the molecule is CC(C)(C)N1C=CC(C2CC2)C23C(=C(F)C=CC12)N(F)N[C@@H]3S(=O)(=O)c1ccc(C(F)(F)F)cc1. The Morgan fingerprint density at radius 3 is 2.23 bits per heavy atom. The highest BCUT2D eigenvalue weighted by Gasteiger charge is 2.70. The Hall–Kier alpha value is -2.40. The van der Waals surface area contributed by atoms with Crippen LogP contribution >= 0.6 is 0 Å². The van der Waals surface area contributed by atoms with Gasteiger partial charge in [-0.25, -0.2) is 12.8 Å². The van der Waals surface area contributed by atoms with Crippen molar-refractivity contribution >= 4 is 9.84 Å². The number of halogens is 5. The number of hydrogen-bond donors (Lipinski definition) is 1. The molecule has 2 fully saturated rings. The van der Waals surface area contributed by atoms with E-state index in [1.807, 2.05) is 37.9 Å². The van der Waals surface area contributed by atoms with Crippen molar-refractivity contribution in [3.8, 4) is 0 Å². The second-order valence-electron chi connectivity index (χ2n) is 10.6. The van der Waals surface area contributed by atoms with Crippen LogP contribution in [0.15, 0.2) is 65.1 Å². The minimum Gasteiger partial charge on any atom is -0.365 e. The van der Waals surface area contributed by atoms with E-state index < -0.39 is 60.6 Å². The molecule has 1 saturated heterocycles. The van der Waals surface area contributed by atoms with Crippen molar-refractivity contribution in [2.45, 2.75) is 61.6 Å². The molecule has 0 bridgehead atoms. The summed E-state index contributed by atoms with van der Waals surface area (Å²) < 4.78 is 97.8. The van der Waals surface area contributed by atoms with Crippen LogP contribution in [-0.2, 0) is 16.0 Å². The lowest BCUT2D eigenvalue weighted by Crippen LogP contribution is -2.63. The predicted molar refractivity (Wildman–Crippen MR) is 119 cm³/mol. The number of benzene rings is 1. The molecule has 1 spiro atoms. The summed E-state index contributed by atoms with van der Waals surface area (Å²) in [5.74, 6) is -1.35. The number of alkyl halides is 3. The molecule has 4 atom stereocenters. The predicted octanol–water partition coefficient (Wildman–Crippen LogP) is 5.27. The zero-order valence-electron chi connectivity index (χ0n) is 19.4. The number of rotatable bonds is 3. The maximum Gasteiger partial charge on any atom is 0.416 e. The molecule has 4 aliphatic rings. The van der Waals surface area contributed by atoms with Crippen molar-refractivity contribution in [2.75, 3.05) is 0 Å². The average Bonchev–Trinajstić information content (AvgIpc) is 3.55. The van der Waals surface area contributed by atoms with Crippen LogP contribution in [0.25, 0.3) is 0 Å². The normalized spacial score (nSPS) is 31.1. The number of hydrazine groups is 1. The first kappa shape index (κ1) is 24.3. The fraction of sp³-hybridized carbons (Fsp3) is 0.500. The topological polar surface area (TPSA) is 52.6 Å². The molecule has 0 amide bonds. The van der Waals surface area contributed by atoms with Gasteiger partial charge in [0.25, 0.3) is 0 Å². The molecule has 2 heterocycles. The summed E-state index contributed by atoms with van der Waals surface area (Å²) in [6, 6.07) is 2.40. The molecule has 0 aromatic heterocycles. The summed E-state index contributed by atoms with van der Waals surface area (Å²) in [5, 5.41) is -1.69. The van der Waals surface area contributed by atoms with Gasteiger partial charge in [0.2, 0.25) is 0 Å². The largest absolute Gasteiger partial charge is 0.416 e. The lowest BCUT2D eigenvalue weighted by atomic mass is 9.61. The summed E-state index contributed by atoms with van der Waals surface area (Å²) in [7, 11) is -4.47. The average molecular weight is 516 g/mol. The van der Waals surface area contributed by atoms with Gasteiger partial charge in [0.05, 0.1) is 21.9 Å². The standard InChI is InChI=1S/C24H26F5N3O2S/c1-22(2,3)31-13-12-17(14-4-5-14)23-19(31)11-10-18(25)20(23)32(29)30-21(23)35(33,34)16-8-6-15(7-9-16)24(26,27)28/h6-14,17,19,21,30H,4-5H2,1-3H3/t17?,19?,21-,23?/m1/s1. The zero-order chi connectivity index (χ0) is 25.6. The van der Waals surface area contributed by atoms with E-state index in [0.29, 0.717) is 12.1 Å². The first-order chi connectivity index (χ1) is 16.2. The molecule has 1 saturated carbocycles. The van der Waals surface area contributed by atoms with Gasteiger partial charge < -0.3 is 4.90 Å². The van der Waals surface area contributed by atoms with E-state index in [2.05, 4.69) is 5.43 Å². The van der Waals surface area contributed by atoms with Crippen molar-refractivity contribution in [3.05, 3.63) is 65.8 Å². The molecule has 190 valence electrons. The Balaban J connectivity index is 1.71. The second-order valence-corrected chi connectivity index (χ2v) is 12.6. The molecule has 1 aromatic carbocycles. The smallest absolute Gasteiger partial charge is 0.365 e. The zero-order valence-corrected chi connectivity index (χ0v) is 20.2. The van der Waals surface area contributed by atoms with Gasteiger partial charge in [-0.2, -0.15) is 18.6 Å². The quantitative estimate of drug-likeness (QED) is 0.439. The van der Waals surface area contributed by atoms with Crippen LogP contribution in [-0.4, -0.2) is 35.5 Å². The van der Waals surface area contributed by atoms with Gasteiger partial charge in [0.15, 0.2) is 9.84 Å². The highest BCUT2D eigenvalue weighted by atomic mass is 32.2. The monoisotopic (exact) mass is 515 g/mol. The molecule has 2 aliphatic heterocycles. The van der Waals surface area contributed by atoms with Gasteiger partial charge in [-0.1, -0.05) is 16.6 Å². The van der Waals surface area contributed by atoms with E-state index in [1.165, 1.54) is 0 Å². The molecule has 5 rings (SSSR count).